The van der Waals surface area contributed by atoms with Gasteiger partial charge in [-0.1, -0.05) is 19.1 Å². The molecule has 0 aliphatic rings. The van der Waals surface area contributed by atoms with Crippen LogP contribution in [0.5, 0.6) is 0 Å². The smallest absolute Gasteiger partial charge is 0.251 e. The minimum Gasteiger partial charge on any atom is -0.352 e. The fourth-order valence-corrected chi connectivity index (χ4v) is 1.41. The van der Waals surface area contributed by atoms with Crippen molar-refractivity contribution in [2.45, 2.75) is 39.8 Å². The molecule has 1 atom stereocenters. The fourth-order valence-electron chi connectivity index (χ4n) is 1.41. The van der Waals surface area contributed by atoms with Gasteiger partial charge in [0, 0.05) is 25.1 Å². The molecule has 4 heteroatoms. The van der Waals surface area contributed by atoms with E-state index in [1.165, 1.54) is 6.92 Å². The summed E-state index contributed by atoms with van der Waals surface area (Å²) >= 11 is 0. The predicted octanol–water partition coefficient (Wildman–Crippen LogP) is 1.85. The first-order valence-electron chi connectivity index (χ1n) is 6.17. The van der Waals surface area contributed by atoms with Crippen molar-refractivity contribution in [3.05, 3.63) is 35.4 Å². The van der Waals surface area contributed by atoms with Gasteiger partial charge in [0.25, 0.3) is 5.91 Å². The minimum absolute atomic E-state index is 0.0598. The molecule has 1 aromatic carbocycles. The second kappa shape index (κ2) is 6.79. The van der Waals surface area contributed by atoms with Crippen LogP contribution >= 0.6 is 0 Å². The van der Waals surface area contributed by atoms with Gasteiger partial charge in [-0.3, -0.25) is 9.59 Å². The number of nitrogens with one attached hydrogen (secondary N) is 2. The van der Waals surface area contributed by atoms with Gasteiger partial charge in [-0.25, -0.2) is 0 Å². The van der Waals surface area contributed by atoms with E-state index in [9.17, 15) is 9.59 Å². The largest absolute Gasteiger partial charge is 0.352 e. The van der Waals surface area contributed by atoms with Crippen LogP contribution < -0.4 is 10.6 Å². The molecular formula is C14H20N2O2. The maximum atomic E-state index is 11.8. The van der Waals surface area contributed by atoms with Gasteiger partial charge in [0.1, 0.15) is 0 Å². The first-order valence-corrected chi connectivity index (χ1v) is 6.17. The Morgan fingerprint density at radius 3 is 2.33 bits per heavy atom. The molecule has 0 aliphatic heterocycles. The molecule has 1 aromatic rings. The fraction of sp³-hybridized carbons (Fsp3) is 0.429. The lowest BCUT2D eigenvalue weighted by molar-refractivity contribution is -0.119. The number of rotatable bonds is 5. The zero-order chi connectivity index (χ0) is 13.5. The summed E-state index contributed by atoms with van der Waals surface area (Å²) in [5, 5.41) is 5.62. The van der Waals surface area contributed by atoms with Crippen molar-refractivity contribution in [1.82, 2.24) is 10.6 Å². The van der Waals surface area contributed by atoms with Crippen molar-refractivity contribution in [3.8, 4) is 0 Å². The van der Waals surface area contributed by atoms with Crippen LogP contribution in [0.25, 0.3) is 0 Å². The Bertz CT molecular complexity index is 412. The summed E-state index contributed by atoms with van der Waals surface area (Å²) in [6.07, 6.45) is 0.909. The van der Waals surface area contributed by atoms with E-state index in [0.717, 1.165) is 12.0 Å². The number of carbonyl (C=O) groups is 2. The average Bonchev–Trinajstić information content (AvgIpc) is 2.36. The van der Waals surface area contributed by atoms with Crippen LogP contribution in [-0.2, 0) is 11.3 Å². The summed E-state index contributed by atoms with van der Waals surface area (Å²) in [7, 11) is 0. The van der Waals surface area contributed by atoms with E-state index in [-0.39, 0.29) is 17.9 Å². The Balaban J connectivity index is 2.59. The number of carbonyl (C=O) groups excluding carboxylic acids is 2. The standard InChI is InChI=1S/C14H20N2O2/c1-4-10(2)16-14(18)13-7-5-12(6-8-13)9-15-11(3)17/h5-8,10H,4,9H2,1-3H3,(H,15,17)(H,16,18)/t10-/m1/s1. The van der Waals surface area contributed by atoms with E-state index in [4.69, 9.17) is 0 Å². The van der Waals surface area contributed by atoms with Crippen molar-refractivity contribution in [2.24, 2.45) is 0 Å². The topological polar surface area (TPSA) is 58.2 Å². The molecule has 0 spiro atoms. The SMILES string of the molecule is CC[C@@H](C)NC(=O)c1ccc(CNC(C)=O)cc1. The molecule has 0 aromatic heterocycles. The van der Waals surface area contributed by atoms with E-state index in [1.807, 2.05) is 26.0 Å². The third-order valence-corrected chi connectivity index (χ3v) is 2.75. The number of hydrogen-bond acceptors (Lipinski definition) is 2. The quantitative estimate of drug-likeness (QED) is 0.835. The van der Waals surface area contributed by atoms with Gasteiger partial charge in [0.15, 0.2) is 0 Å². The lowest BCUT2D eigenvalue weighted by Gasteiger charge is -2.11. The molecule has 18 heavy (non-hydrogen) atoms. The molecule has 0 bridgehead atoms. The monoisotopic (exact) mass is 248 g/mol. The normalized spacial score (nSPS) is 11.7. The van der Waals surface area contributed by atoms with E-state index in [0.29, 0.717) is 12.1 Å². The van der Waals surface area contributed by atoms with Crippen molar-refractivity contribution >= 4 is 11.8 Å². The van der Waals surface area contributed by atoms with Gasteiger partial charge in [-0.05, 0) is 31.0 Å². The third kappa shape index (κ3) is 4.57. The molecule has 0 saturated heterocycles. The Morgan fingerprint density at radius 1 is 1.22 bits per heavy atom. The van der Waals surface area contributed by atoms with Gasteiger partial charge in [0.2, 0.25) is 5.91 Å². The summed E-state index contributed by atoms with van der Waals surface area (Å²) in [5.74, 6) is -0.121. The van der Waals surface area contributed by atoms with Crippen molar-refractivity contribution in [1.29, 1.82) is 0 Å². The Kier molecular flexibility index (Phi) is 5.36. The summed E-state index contributed by atoms with van der Waals surface area (Å²) in [5.41, 5.74) is 1.62. The summed E-state index contributed by atoms with van der Waals surface area (Å²) in [6.45, 7) is 5.97. The minimum atomic E-state index is -0.0615. The van der Waals surface area contributed by atoms with Gasteiger partial charge in [-0.2, -0.15) is 0 Å². The maximum Gasteiger partial charge on any atom is 0.251 e. The molecule has 0 unspecified atom stereocenters. The predicted molar refractivity (Wildman–Crippen MR) is 71.2 cm³/mol. The van der Waals surface area contributed by atoms with E-state index in [1.54, 1.807) is 12.1 Å². The van der Waals surface area contributed by atoms with E-state index >= 15 is 0 Å². The molecule has 2 N–H and O–H groups in total. The highest BCUT2D eigenvalue weighted by Gasteiger charge is 2.07. The van der Waals surface area contributed by atoms with Crippen LogP contribution in [0, 0.1) is 0 Å². The number of benzene rings is 1. The third-order valence-electron chi connectivity index (χ3n) is 2.75. The summed E-state index contributed by atoms with van der Waals surface area (Å²) in [4.78, 5) is 22.6. The first kappa shape index (κ1) is 14.2. The van der Waals surface area contributed by atoms with Crippen molar-refractivity contribution in [3.63, 3.8) is 0 Å². The van der Waals surface area contributed by atoms with Gasteiger partial charge < -0.3 is 10.6 Å². The lowest BCUT2D eigenvalue weighted by atomic mass is 10.1. The van der Waals surface area contributed by atoms with Crippen LogP contribution in [-0.4, -0.2) is 17.9 Å². The Labute approximate surface area is 108 Å². The highest BCUT2D eigenvalue weighted by Crippen LogP contribution is 2.05. The number of hydrogen-bond donors (Lipinski definition) is 2. The second-order valence-electron chi connectivity index (χ2n) is 4.39. The van der Waals surface area contributed by atoms with E-state index < -0.39 is 0 Å². The molecule has 0 aliphatic carbocycles. The Hall–Kier alpha value is -1.84. The van der Waals surface area contributed by atoms with Gasteiger partial charge in [0.05, 0.1) is 0 Å². The molecule has 0 radical (unpaired) electrons. The zero-order valence-electron chi connectivity index (χ0n) is 11.1. The van der Waals surface area contributed by atoms with Crippen LogP contribution in [0.3, 0.4) is 0 Å². The zero-order valence-corrected chi connectivity index (χ0v) is 11.1. The molecule has 1 rings (SSSR count). The lowest BCUT2D eigenvalue weighted by Crippen LogP contribution is -2.31. The number of amides is 2. The highest BCUT2D eigenvalue weighted by molar-refractivity contribution is 5.94. The van der Waals surface area contributed by atoms with Crippen LogP contribution in [0.15, 0.2) is 24.3 Å². The molecule has 0 fully saturated rings. The molecule has 4 nitrogen and oxygen atoms in total. The van der Waals surface area contributed by atoms with Gasteiger partial charge in [-0.15, -0.1) is 0 Å². The highest BCUT2D eigenvalue weighted by atomic mass is 16.2. The maximum absolute atomic E-state index is 11.8. The molecule has 0 heterocycles. The van der Waals surface area contributed by atoms with Gasteiger partial charge >= 0.3 is 0 Å². The van der Waals surface area contributed by atoms with Crippen LogP contribution in [0.2, 0.25) is 0 Å². The molecular weight excluding hydrogens is 228 g/mol. The van der Waals surface area contributed by atoms with E-state index in [2.05, 4.69) is 10.6 Å². The van der Waals surface area contributed by atoms with Crippen LogP contribution in [0.1, 0.15) is 43.1 Å². The average molecular weight is 248 g/mol. The van der Waals surface area contributed by atoms with Crippen molar-refractivity contribution < 1.29 is 9.59 Å². The molecule has 2 amide bonds. The van der Waals surface area contributed by atoms with Crippen LogP contribution in [0.4, 0.5) is 0 Å². The summed E-state index contributed by atoms with van der Waals surface area (Å²) < 4.78 is 0. The Morgan fingerprint density at radius 2 is 1.83 bits per heavy atom. The second-order valence-corrected chi connectivity index (χ2v) is 4.39. The summed E-state index contributed by atoms with van der Waals surface area (Å²) in [6, 6.07) is 7.42. The molecule has 98 valence electrons. The first-order chi connectivity index (χ1) is 8.52. The molecule has 0 saturated carbocycles. The van der Waals surface area contributed by atoms with Crippen molar-refractivity contribution in [2.75, 3.05) is 0 Å².